The van der Waals surface area contributed by atoms with Crippen LogP contribution >= 0.6 is 0 Å². The van der Waals surface area contributed by atoms with Gasteiger partial charge in [0.1, 0.15) is 0 Å². The topological polar surface area (TPSA) is 18.5 Å². The van der Waals surface area contributed by atoms with Crippen molar-refractivity contribution in [3.8, 4) is 0 Å². The van der Waals surface area contributed by atoms with E-state index in [0.29, 0.717) is 5.41 Å². The second kappa shape index (κ2) is 12.1. The molecule has 0 spiro atoms. The molecule has 2 heteroatoms. The summed E-state index contributed by atoms with van der Waals surface area (Å²) in [5.41, 5.74) is 0.565. The molecule has 124 valence electrons. The molecule has 21 heavy (non-hydrogen) atoms. The van der Waals surface area contributed by atoms with Crippen molar-refractivity contribution < 1.29 is 9.47 Å². The quantitative estimate of drug-likeness (QED) is 0.278. The van der Waals surface area contributed by atoms with Crippen LogP contribution in [0.15, 0.2) is 12.8 Å². The molecule has 0 aliphatic carbocycles. The summed E-state index contributed by atoms with van der Waals surface area (Å²) in [5, 5.41) is 0. The molecule has 0 aromatic rings. The molecule has 1 saturated heterocycles. The third kappa shape index (κ3) is 8.50. The number of hydrogen-bond acceptors (Lipinski definition) is 2. The van der Waals surface area contributed by atoms with Gasteiger partial charge in [0, 0.05) is 5.41 Å². The van der Waals surface area contributed by atoms with Gasteiger partial charge in [-0.05, 0) is 19.3 Å². The molecule has 0 amide bonds. The number of ether oxygens (including phenoxy) is 2. The standard InChI is InChI=1S/C19H36O2/c1-3-19(17-21-18-19)15-13-11-9-7-5-6-8-10-12-14-16-20-4-2/h4H,2-3,5-18H2,1H3. The Morgan fingerprint density at radius 2 is 1.43 bits per heavy atom. The van der Waals surface area contributed by atoms with Gasteiger partial charge in [0.2, 0.25) is 0 Å². The highest BCUT2D eigenvalue weighted by molar-refractivity contribution is 4.83. The van der Waals surface area contributed by atoms with Crippen molar-refractivity contribution in [2.45, 2.75) is 84.0 Å². The zero-order chi connectivity index (χ0) is 15.2. The first kappa shape index (κ1) is 18.5. The van der Waals surface area contributed by atoms with Gasteiger partial charge < -0.3 is 9.47 Å². The largest absolute Gasteiger partial charge is 0.502 e. The molecule has 2 nitrogen and oxygen atoms in total. The first-order valence-electron chi connectivity index (χ1n) is 9.13. The maximum atomic E-state index is 5.38. The van der Waals surface area contributed by atoms with Gasteiger partial charge in [0.05, 0.1) is 26.1 Å². The highest BCUT2D eigenvalue weighted by atomic mass is 16.5. The van der Waals surface area contributed by atoms with Crippen molar-refractivity contribution in [3.05, 3.63) is 12.8 Å². The molecule has 0 atom stereocenters. The third-order valence-corrected chi connectivity index (χ3v) is 4.90. The smallest absolute Gasteiger partial charge is 0.0873 e. The van der Waals surface area contributed by atoms with E-state index in [0.717, 1.165) is 19.8 Å². The average molecular weight is 296 g/mol. The van der Waals surface area contributed by atoms with Crippen molar-refractivity contribution >= 4 is 0 Å². The summed E-state index contributed by atoms with van der Waals surface area (Å²) in [6, 6.07) is 0. The molecule has 1 fully saturated rings. The molecule has 1 rings (SSSR count). The Morgan fingerprint density at radius 3 is 1.86 bits per heavy atom. The highest BCUT2D eigenvalue weighted by Gasteiger charge is 2.35. The molecule has 0 radical (unpaired) electrons. The molecule has 0 bridgehead atoms. The average Bonchev–Trinajstić information content (AvgIpc) is 2.46. The van der Waals surface area contributed by atoms with Crippen LogP contribution in [0.5, 0.6) is 0 Å². The minimum absolute atomic E-state index is 0.565. The number of rotatable bonds is 15. The van der Waals surface area contributed by atoms with Gasteiger partial charge in [-0.2, -0.15) is 0 Å². The van der Waals surface area contributed by atoms with E-state index in [4.69, 9.17) is 9.47 Å². The second-order valence-electron chi connectivity index (χ2n) is 6.67. The summed E-state index contributed by atoms with van der Waals surface area (Å²) >= 11 is 0. The summed E-state index contributed by atoms with van der Waals surface area (Å²) in [6.07, 6.45) is 18.0. The molecule has 0 aromatic heterocycles. The van der Waals surface area contributed by atoms with E-state index in [1.165, 1.54) is 77.0 Å². The lowest BCUT2D eigenvalue weighted by Crippen LogP contribution is -2.41. The van der Waals surface area contributed by atoms with Crippen LogP contribution < -0.4 is 0 Å². The van der Waals surface area contributed by atoms with Crippen LogP contribution in [-0.4, -0.2) is 19.8 Å². The summed E-state index contributed by atoms with van der Waals surface area (Å²) in [7, 11) is 0. The van der Waals surface area contributed by atoms with Crippen LogP contribution in [0.3, 0.4) is 0 Å². The summed E-state index contributed by atoms with van der Waals surface area (Å²) < 4.78 is 10.5. The van der Waals surface area contributed by atoms with Gasteiger partial charge >= 0.3 is 0 Å². The molecular weight excluding hydrogens is 260 g/mol. The fraction of sp³-hybridized carbons (Fsp3) is 0.895. The zero-order valence-electron chi connectivity index (χ0n) is 14.2. The SMILES string of the molecule is C=COCCCCCCCCCCCCC1(CC)COC1. The van der Waals surface area contributed by atoms with Crippen LogP contribution in [0, 0.1) is 5.41 Å². The van der Waals surface area contributed by atoms with E-state index in [9.17, 15) is 0 Å². The second-order valence-corrected chi connectivity index (χ2v) is 6.67. The molecule has 0 aromatic carbocycles. The minimum Gasteiger partial charge on any atom is -0.502 e. The first-order chi connectivity index (χ1) is 10.3. The lowest BCUT2D eigenvalue weighted by atomic mass is 9.78. The molecule has 0 saturated carbocycles. The normalized spacial score (nSPS) is 16.4. The Balaban J connectivity index is 1.74. The van der Waals surface area contributed by atoms with Crippen molar-refractivity contribution in [2.75, 3.05) is 19.8 Å². The first-order valence-corrected chi connectivity index (χ1v) is 9.13. The predicted octanol–water partition coefficient (Wildman–Crippen LogP) is 5.86. The van der Waals surface area contributed by atoms with E-state index >= 15 is 0 Å². The van der Waals surface area contributed by atoms with Crippen LogP contribution in [0.25, 0.3) is 0 Å². The van der Waals surface area contributed by atoms with Crippen molar-refractivity contribution in [3.63, 3.8) is 0 Å². The van der Waals surface area contributed by atoms with Gasteiger partial charge in [0.25, 0.3) is 0 Å². The van der Waals surface area contributed by atoms with Crippen molar-refractivity contribution in [1.29, 1.82) is 0 Å². The lowest BCUT2D eigenvalue weighted by Gasteiger charge is -2.41. The predicted molar refractivity (Wildman–Crippen MR) is 90.5 cm³/mol. The Labute approximate surface area is 132 Å². The van der Waals surface area contributed by atoms with Gasteiger partial charge in [-0.15, -0.1) is 0 Å². The maximum absolute atomic E-state index is 5.38. The van der Waals surface area contributed by atoms with E-state index in [1.54, 1.807) is 6.26 Å². The number of unbranched alkanes of at least 4 members (excludes halogenated alkanes) is 9. The summed E-state index contributed by atoms with van der Waals surface area (Å²) in [4.78, 5) is 0. The van der Waals surface area contributed by atoms with Gasteiger partial charge in [-0.25, -0.2) is 0 Å². The summed E-state index contributed by atoms with van der Waals surface area (Å²) in [6.45, 7) is 8.73. The fourth-order valence-corrected chi connectivity index (χ4v) is 3.10. The van der Waals surface area contributed by atoms with Crippen LogP contribution in [0.2, 0.25) is 0 Å². The molecule has 0 unspecified atom stereocenters. The molecular formula is C19H36O2. The van der Waals surface area contributed by atoms with Crippen molar-refractivity contribution in [1.82, 2.24) is 0 Å². The number of hydrogen-bond donors (Lipinski definition) is 0. The molecule has 1 aliphatic rings. The van der Waals surface area contributed by atoms with Gasteiger partial charge in [-0.1, -0.05) is 71.3 Å². The van der Waals surface area contributed by atoms with E-state index in [-0.39, 0.29) is 0 Å². The van der Waals surface area contributed by atoms with Crippen LogP contribution in [0.4, 0.5) is 0 Å². The Hall–Kier alpha value is -0.500. The highest BCUT2D eigenvalue weighted by Crippen LogP contribution is 2.36. The van der Waals surface area contributed by atoms with Crippen LogP contribution in [0.1, 0.15) is 84.0 Å². The van der Waals surface area contributed by atoms with E-state index in [2.05, 4.69) is 13.5 Å². The molecule has 1 aliphatic heterocycles. The Morgan fingerprint density at radius 1 is 0.905 bits per heavy atom. The van der Waals surface area contributed by atoms with E-state index in [1.807, 2.05) is 0 Å². The van der Waals surface area contributed by atoms with E-state index < -0.39 is 0 Å². The fourth-order valence-electron chi connectivity index (χ4n) is 3.10. The molecule has 0 N–H and O–H groups in total. The monoisotopic (exact) mass is 296 g/mol. The van der Waals surface area contributed by atoms with Crippen molar-refractivity contribution in [2.24, 2.45) is 5.41 Å². The Kier molecular flexibility index (Phi) is 10.7. The molecule has 1 heterocycles. The minimum atomic E-state index is 0.565. The maximum Gasteiger partial charge on any atom is 0.0873 e. The van der Waals surface area contributed by atoms with Gasteiger partial charge in [-0.3, -0.25) is 0 Å². The summed E-state index contributed by atoms with van der Waals surface area (Å²) in [5.74, 6) is 0. The lowest BCUT2D eigenvalue weighted by molar-refractivity contribution is -0.120. The van der Waals surface area contributed by atoms with Gasteiger partial charge in [0.15, 0.2) is 0 Å². The van der Waals surface area contributed by atoms with Crippen LogP contribution in [-0.2, 0) is 9.47 Å². The third-order valence-electron chi connectivity index (χ3n) is 4.90. The zero-order valence-corrected chi connectivity index (χ0v) is 14.2. The Bertz CT molecular complexity index is 240.